The van der Waals surface area contributed by atoms with E-state index in [-0.39, 0.29) is 0 Å². The Morgan fingerprint density at radius 3 is 2.35 bits per heavy atom. The fraction of sp³-hybridized carbons (Fsp3) is 0.286. The smallest absolute Gasteiger partial charge is 0.0487 e. The fourth-order valence-electron chi connectivity index (χ4n) is 1.93. The van der Waals surface area contributed by atoms with Gasteiger partial charge in [-0.3, -0.25) is 0 Å². The fourth-order valence-corrected chi connectivity index (χ4v) is 2.39. The number of nitrogens with zero attached hydrogens (tertiary/aromatic N) is 1. The Bertz CT molecular complexity index is 556. The summed E-state index contributed by atoms with van der Waals surface area (Å²) in [4.78, 5) is 0. The van der Waals surface area contributed by atoms with Crippen LogP contribution >= 0.6 is 23.2 Å². The van der Waals surface area contributed by atoms with Gasteiger partial charge in [0.2, 0.25) is 0 Å². The maximum absolute atomic E-state index is 6.18. The van der Waals surface area contributed by atoms with Crippen LogP contribution in [0.3, 0.4) is 0 Å². The van der Waals surface area contributed by atoms with Crippen LogP contribution in [0.15, 0.2) is 24.4 Å². The molecule has 0 saturated heterocycles. The lowest BCUT2D eigenvalue weighted by Gasteiger charge is -2.09. The van der Waals surface area contributed by atoms with E-state index in [1.807, 2.05) is 12.1 Å². The number of rotatable bonds is 2. The van der Waals surface area contributed by atoms with E-state index in [0.717, 1.165) is 17.1 Å². The second-order valence-corrected chi connectivity index (χ2v) is 5.23. The molecule has 90 valence electrons. The molecule has 1 aromatic heterocycles. The maximum Gasteiger partial charge on any atom is 0.0487 e. The van der Waals surface area contributed by atoms with Crippen molar-refractivity contribution in [3.05, 3.63) is 56.8 Å². The molecule has 0 unspecified atom stereocenters. The summed E-state index contributed by atoms with van der Waals surface area (Å²) < 4.78 is 2.22. The van der Waals surface area contributed by atoms with Crippen LogP contribution < -0.4 is 0 Å². The Morgan fingerprint density at radius 2 is 1.82 bits per heavy atom. The third kappa shape index (κ3) is 2.51. The molecule has 0 bridgehead atoms. The van der Waals surface area contributed by atoms with Crippen LogP contribution in [0.25, 0.3) is 0 Å². The Kier molecular flexibility index (Phi) is 3.50. The van der Waals surface area contributed by atoms with Gasteiger partial charge in [-0.15, -0.1) is 0 Å². The monoisotopic (exact) mass is 267 g/mol. The molecule has 0 atom stereocenters. The zero-order chi connectivity index (χ0) is 12.6. The van der Waals surface area contributed by atoms with Gasteiger partial charge in [-0.2, -0.15) is 0 Å². The molecule has 2 aromatic rings. The number of benzene rings is 1. The van der Waals surface area contributed by atoms with E-state index in [1.165, 1.54) is 16.8 Å². The van der Waals surface area contributed by atoms with Crippen molar-refractivity contribution in [2.45, 2.75) is 27.3 Å². The summed E-state index contributed by atoms with van der Waals surface area (Å²) in [6.45, 7) is 7.19. The van der Waals surface area contributed by atoms with Crippen LogP contribution in [-0.2, 0) is 6.54 Å². The van der Waals surface area contributed by atoms with E-state index in [2.05, 4.69) is 31.5 Å². The number of aryl methyl sites for hydroxylation is 1. The lowest BCUT2D eigenvalue weighted by molar-refractivity contribution is 0.772. The topological polar surface area (TPSA) is 4.93 Å². The van der Waals surface area contributed by atoms with E-state index >= 15 is 0 Å². The van der Waals surface area contributed by atoms with Crippen molar-refractivity contribution < 1.29 is 0 Å². The molecule has 0 N–H and O–H groups in total. The van der Waals surface area contributed by atoms with Crippen molar-refractivity contribution in [1.82, 2.24) is 4.57 Å². The zero-order valence-corrected chi connectivity index (χ0v) is 11.7. The highest BCUT2D eigenvalue weighted by molar-refractivity contribution is 6.35. The van der Waals surface area contributed by atoms with E-state index in [1.54, 1.807) is 6.07 Å². The Morgan fingerprint density at radius 1 is 1.12 bits per heavy atom. The van der Waals surface area contributed by atoms with E-state index in [0.29, 0.717) is 5.02 Å². The van der Waals surface area contributed by atoms with Crippen molar-refractivity contribution in [1.29, 1.82) is 0 Å². The summed E-state index contributed by atoms with van der Waals surface area (Å²) in [5.74, 6) is 0. The number of hydrogen-bond donors (Lipinski definition) is 0. The summed E-state index contributed by atoms with van der Waals surface area (Å²) >= 11 is 12.1. The highest BCUT2D eigenvalue weighted by Crippen LogP contribution is 2.23. The molecule has 0 fully saturated rings. The van der Waals surface area contributed by atoms with Gasteiger partial charge in [0, 0.05) is 28.5 Å². The highest BCUT2D eigenvalue weighted by atomic mass is 35.5. The minimum absolute atomic E-state index is 0.676. The summed E-state index contributed by atoms with van der Waals surface area (Å²) in [5.41, 5.74) is 5.03. The normalized spacial score (nSPS) is 10.9. The molecule has 0 spiro atoms. The Hall–Kier alpha value is -0.920. The van der Waals surface area contributed by atoms with E-state index in [9.17, 15) is 0 Å². The SMILES string of the molecule is Cc1cn(Cc2ccc(Cl)cc2Cl)c(C)c1C. The van der Waals surface area contributed by atoms with Gasteiger partial charge in [-0.1, -0.05) is 29.3 Å². The molecule has 0 aliphatic heterocycles. The first-order valence-corrected chi connectivity index (χ1v) is 6.31. The molecule has 0 radical (unpaired) electrons. The second-order valence-electron chi connectivity index (χ2n) is 4.39. The van der Waals surface area contributed by atoms with E-state index < -0.39 is 0 Å². The molecule has 0 aliphatic carbocycles. The molecule has 1 aromatic carbocycles. The Labute approximate surface area is 112 Å². The minimum Gasteiger partial charge on any atom is -0.347 e. The van der Waals surface area contributed by atoms with Crippen molar-refractivity contribution in [3.63, 3.8) is 0 Å². The van der Waals surface area contributed by atoms with Gasteiger partial charge in [-0.25, -0.2) is 0 Å². The lowest BCUT2D eigenvalue weighted by atomic mass is 10.2. The van der Waals surface area contributed by atoms with Crippen LogP contribution in [0.1, 0.15) is 22.4 Å². The summed E-state index contributed by atoms with van der Waals surface area (Å²) in [7, 11) is 0. The third-order valence-electron chi connectivity index (χ3n) is 3.27. The molecular weight excluding hydrogens is 253 g/mol. The van der Waals surface area contributed by atoms with Crippen LogP contribution in [-0.4, -0.2) is 4.57 Å². The standard InChI is InChI=1S/C14H15Cl2N/c1-9-7-17(11(3)10(9)2)8-12-4-5-13(15)6-14(12)16/h4-7H,8H2,1-3H3. The Balaban J connectivity index is 2.34. The molecule has 3 heteroatoms. The predicted octanol–water partition coefficient (Wildman–Crippen LogP) is 4.77. The molecule has 1 nitrogen and oxygen atoms in total. The number of aromatic nitrogens is 1. The number of halogens is 2. The highest BCUT2D eigenvalue weighted by Gasteiger charge is 2.07. The zero-order valence-electron chi connectivity index (χ0n) is 10.2. The first-order valence-electron chi connectivity index (χ1n) is 5.56. The van der Waals surface area contributed by atoms with Crippen molar-refractivity contribution in [3.8, 4) is 0 Å². The van der Waals surface area contributed by atoms with Crippen LogP contribution in [0.5, 0.6) is 0 Å². The van der Waals surface area contributed by atoms with Gasteiger partial charge in [0.05, 0.1) is 0 Å². The van der Waals surface area contributed by atoms with Crippen LogP contribution in [0.2, 0.25) is 10.0 Å². The van der Waals surface area contributed by atoms with Gasteiger partial charge in [0.15, 0.2) is 0 Å². The van der Waals surface area contributed by atoms with Crippen molar-refractivity contribution >= 4 is 23.2 Å². The molecule has 0 aliphatic rings. The van der Waals surface area contributed by atoms with E-state index in [4.69, 9.17) is 23.2 Å². The average Bonchev–Trinajstić information content (AvgIpc) is 2.50. The average molecular weight is 268 g/mol. The molecule has 0 saturated carbocycles. The van der Waals surface area contributed by atoms with Crippen molar-refractivity contribution in [2.75, 3.05) is 0 Å². The van der Waals surface area contributed by atoms with Gasteiger partial charge in [0.1, 0.15) is 0 Å². The van der Waals surface area contributed by atoms with Gasteiger partial charge in [0.25, 0.3) is 0 Å². The van der Waals surface area contributed by atoms with Gasteiger partial charge in [-0.05, 0) is 49.6 Å². The summed E-state index contributed by atoms with van der Waals surface area (Å²) in [6, 6.07) is 5.65. The molecular formula is C14H15Cl2N. The summed E-state index contributed by atoms with van der Waals surface area (Å²) in [6.07, 6.45) is 2.16. The number of hydrogen-bond acceptors (Lipinski definition) is 0. The first-order chi connectivity index (χ1) is 7.99. The predicted molar refractivity (Wildman–Crippen MR) is 74.2 cm³/mol. The molecule has 1 heterocycles. The maximum atomic E-state index is 6.18. The second kappa shape index (κ2) is 4.75. The molecule has 2 rings (SSSR count). The molecule has 0 amide bonds. The first kappa shape index (κ1) is 12.5. The largest absolute Gasteiger partial charge is 0.347 e. The van der Waals surface area contributed by atoms with Crippen LogP contribution in [0.4, 0.5) is 0 Å². The van der Waals surface area contributed by atoms with Gasteiger partial charge < -0.3 is 4.57 Å². The quantitative estimate of drug-likeness (QED) is 0.739. The van der Waals surface area contributed by atoms with Crippen molar-refractivity contribution in [2.24, 2.45) is 0 Å². The van der Waals surface area contributed by atoms with Crippen LogP contribution in [0, 0.1) is 20.8 Å². The summed E-state index contributed by atoms with van der Waals surface area (Å²) in [5, 5.41) is 1.40. The molecule has 17 heavy (non-hydrogen) atoms. The minimum atomic E-state index is 0.676. The van der Waals surface area contributed by atoms with Gasteiger partial charge >= 0.3 is 0 Å². The third-order valence-corrected chi connectivity index (χ3v) is 3.86. The lowest BCUT2D eigenvalue weighted by Crippen LogP contribution is -2.01.